The van der Waals surface area contributed by atoms with Gasteiger partial charge in [-0.05, 0) is 29.5 Å². The van der Waals surface area contributed by atoms with Crippen molar-refractivity contribution in [3.8, 4) is 0 Å². The second-order valence-electron chi connectivity index (χ2n) is 6.01. The van der Waals surface area contributed by atoms with Crippen LogP contribution in [0.4, 0.5) is 0 Å². The molecular weight excluding hydrogens is 300 g/mol. The van der Waals surface area contributed by atoms with Gasteiger partial charge in [-0.3, -0.25) is 4.79 Å². The van der Waals surface area contributed by atoms with Crippen LogP contribution in [-0.2, 0) is 16.2 Å². The van der Waals surface area contributed by atoms with Crippen LogP contribution in [-0.4, -0.2) is 18.2 Å². The normalized spacial score (nSPS) is 12.3. The lowest BCUT2D eigenvalue weighted by Crippen LogP contribution is -2.33. The number of carbonyl (C=O) groups excluding carboxylic acids is 1. The molecule has 0 aromatic heterocycles. The molecule has 0 unspecified atom stereocenters. The fourth-order valence-electron chi connectivity index (χ4n) is 2.13. The van der Waals surface area contributed by atoms with Gasteiger partial charge in [0, 0.05) is 6.54 Å². The second-order valence-corrected chi connectivity index (χ2v) is 6.01. The van der Waals surface area contributed by atoms with E-state index in [1.807, 2.05) is 42.5 Å². The summed E-state index contributed by atoms with van der Waals surface area (Å²) in [6.07, 6.45) is 0.977. The largest absolute Gasteiger partial charge is 0.383 e. The van der Waals surface area contributed by atoms with Gasteiger partial charge < -0.3 is 10.2 Å². The first-order chi connectivity index (χ1) is 11.6. The number of rotatable bonds is 7. The Morgan fingerprint density at radius 1 is 1.08 bits per heavy atom. The molecule has 0 bridgehead atoms. The Bertz CT molecular complexity index is 664. The fourth-order valence-corrected chi connectivity index (χ4v) is 2.13. The maximum Gasteiger partial charge on any atom is 0.263 e. The molecule has 0 aliphatic carbocycles. The highest BCUT2D eigenvalue weighted by Crippen LogP contribution is 2.13. The second kappa shape index (κ2) is 8.87. The first-order valence-electron chi connectivity index (χ1n) is 8.17. The van der Waals surface area contributed by atoms with Crippen LogP contribution in [0.5, 0.6) is 0 Å². The number of carbonyl (C=O) groups is 1. The van der Waals surface area contributed by atoms with Crippen LogP contribution in [0.3, 0.4) is 0 Å². The molecule has 126 valence electrons. The van der Waals surface area contributed by atoms with Crippen molar-refractivity contribution in [1.82, 2.24) is 5.32 Å². The van der Waals surface area contributed by atoms with E-state index < -0.39 is 6.10 Å². The summed E-state index contributed by atoms with van der Waals surface area (Å²) in [5.74, 6) is 0.312. The van der Waals surface area contributed by atoms with Crippen LogP contribution in [0.25, 0.3) is 0 Å². The van der Waals surface area contributed by atoms with Crippen molar-refractivity contribution < 1.29 is 9.63 Å². The maximum absolute atomic E-state index is 12.0. The highest BCUT2D eigenvalue weighted by atomic mass is 16.6. The Morgan fingerprint density at radius 3 is 2.38 bits per heavy atom. The van der Waals surface area contributed by atoms with Gasteiger partial charge in [-0.15, -0.1) is 0 Å². The average molecular weight is 324 g/mol. The van der Waals surface area contributed by atoms with Gasteiger partial charge in [-0.2, -0.15) is 0 Å². The highest BCUT2D eigenvalue weighted by Gasteiger charge is 2.13. The molecule has 2 aromatic carbocycles. The van der Waals surface area contributed by atoms with Crippen molar-refractivity contribution in [2.24, 2.45) is 5.16 Å². The van der Waals surface area contributed by atoms with Crippen LogP contribution >= 0.6 is 0 Å². The zero-order valence-corrected chi connectivity index (χ0v) is 14.4. The predicted octanol–water partition coefficient (Wildman–Crippen LogP) is 3.87. The van der Waals surface area contributed by atoms with E-state index in [2.05, 4.69) is 36.5 Å². The number of hydrogen-bond acceptors (Lipinski definition) is 3. The number of oxime groups is 1. The SMILES string of the molecule is CC(C)c1ccc(/C=N\O[C@H](C)C(=O)NCc2ccccc2)cc1. The Labute approximate surface area is 143 Å². The lowest BCUT2D eigenvalue weighted by molar-refractivity contribution is -0.131. The van der Waals surface area contributed by atoms with Crippen molar-refractivity contribution in [3.63, 3.8) is 0 Å². The van der Waals surface area contributed by atoms with Crippen LogP contribution < -0.4 is 5.32 Å². The van der Waals surface area contributed by atoms with Crippen LogP contribution in [0.2, 0.25) is 0 Å². The zero-order chi connectivity index (χ0) is 17.4. The fraction of sp³-hybridized carbons (Fsp3) is 0.300. The van der Waals surface area contributed by atoms with Crippen molar-refractivity contribution in [1.29, 1.82) is 0 Å². The third-order valence-electron chi connectivity index (χ3n) is 3.70. The van der Waals surface area contributed by atoms with E-state index in [9.17, 15) is 4.79 Å². The highest BCUT2D eigenvalue weighted by molar-refractivity contribution is 5.81. The molecule has 0 spiro atoms. The first-order valence-corrected chi connectivity index (χ1v) is 8.17. The smallest absolute Gasteiger partial charge is 0.263 e. The number of nitrogens with one attached hydrogen (secondary N) is 1. The molecule has 0 saturated heterocycles. The molecule has 2 rings (SSSR count). The van der Waals surface area contributed by atoms with Crippen LogP contribution in [0.15, 0.2) is 59.8 Å². The van der Waals surface area contributed by atoms with Crippen molar-refractivity contribution in [2.75, 3.05) is 0 Å². The van der Waals surface area contributed by atoms with E-state index >= 15 is 0 Å². The number of nitrogens with zero attached hydrogens (tertiary/aromatic N) is 1. The summed E-state index contributed by atoms with van der Waals surface area (Å²) in [6.45, 7) is 6.47. The van der Waals surface area contributed by atoms with E-state index in [4.69, 9.17) is 4.84 Å². The first kappa shape index (κ1) is 17.7. The quantitative estimate of drug-likeness (QED) is 0.621. The van der Waals surface area contributed by atoms with Gasteiger partial charge >= 0.3 is 0 Å². The van der Waals surface area contributed by atoms with E-state index in [0.29, 0.717) is 12.5 Å². The third-order valence-corrected chi connectivity index (χ3v) is 3.70. The minimum atomic E-state index is -0.639. The molecule has 24 heavy (non-hydrogen) atoms. The molecule has 0 radical (unpaired) electrons. The molecule has 4 heteroatoms. The average Bonchev–Trinajstić information content (AvgIpc) is 2.61. The summed E-state index contributed by atoms with van der Waals surface area (Å²) in [7, 11) is 0. The van der Waals surface area contributed by atoms with Crippen LogP contribution in [0, 0.1) is 0 Å². The molecule has 1 amide bonds. The molecule has 2 aromatic rings. The minimum absolute atomic E-state index is 0.189. The van der Waals surface area contributed by atoms with Crippen molar-refractivity contribution >= 4 is 12.1 Å². The van der Waals surface area contributed by atoms with Gasteiger partial charge in [0.05, 0.1) is 6.21 Å². The van der Waals surface area contributed by atoms with Gasteiger partial charge in [0.2, 0.25) is 6.10 Å². The Morgan fingerprint density at radius 2 is 1.75 bits per heavy atom. The zero-order valence-electron chi connectivity index (χ0n) is 14.4. The van der Waals surface area contributed by atoms with Gasteiger partial charge in [0.25, 0.3) is 5.91 Å². The van der Waals surface area contributed by atoms with E-state index in [1.165, 1.54) is 5.56 Å². The molecule has 0 heterocycles. The van der Waals surface area contributed by atoms with Gasteiger partial charge in [0.1, 0.15) is 0 Å². The Balaban J connectivity index is 1.79. The molecule has 4 nitrogen and oxygen atoms in total. The number of hydrogen-bond donors (Lipinski definition) is 1. The number of benzene rings is 2. The van der Waals surface area contributed by atoms with Crippen LogP contribution in [0.1, 0.15) is 43.4 Å². The molecule has 0 aliphatic heterocycles. The Kier molecular flexibility index (Phi) is 6.55. The molecule has 1 atom stereocenters. The summed E-state index contributed by atoms with van der Waals surface area (Å²) >= 11 is 0. The minimum Gasteiger partial charge on any atom is -0.383 e. The van der Waals surface area contributed by atoms with Crippen molar-refractivity contribution in [2.45, 2.75) is 39.3 Å². The molecule has 0 fully saturated rings. The maximum atomic E-state index is 12.0. The van der Waals surface area contributed by atoms with Crippen molar-refractivity contribution in [3.05, 3.63) is 71.3 Å². The summed E-state index contributed by atoms with van der Waals surface area (Å²) in [4.78, 5) is 17.2. The number of amides is 1. The predicted molar refractivity (Wildman–Crippen MR) is 97.0 cm³/mol. The topological polar surface area (TPSA) is 50.7 Å². The molecule has 0 saturated carbocycles. The summed E-state index contributed by atoms with van der Waals surface area (Å²) in [5.41, 5.74) is 3.27. The summed E-state index contributed by atoms with van der Waals surface area (Å²) in [5, 5.41) is 6.74. The molecule has 0 aliphatic rings. The van der Waals surface area contributed by atoms with E-state index in [0.717, 1.165) is 11.1 Å². The Hall–Kier alpha value is -2.62. The van der Waals surface area contributed by atoms with Gasteiger partial charge in [-0.25, -0.2) is 0 Å². The van der Waals surface area contributed by atoms with E-state index in [1.54, 1.807) is 13.1 Å². The summed E-state index contributed by atoms with van der Waals surface area (Å²) < 4.78 is 0. The van der Waals surface area contributed by atoms with E-state index in [-0.39, 0.29) is 5.91 Å². The monoisotopic (exact) mass is 324 g/mol. The molecule has 1 N–H and O–H groups in total. The van der Waals surface area contributed by atoms with Gasteiger partial charge in [-0.1, -0.05) is 73.6 Å². The van der Waals surface area contributed by atoms with Gasteiger partial charge in [0.15, 0.2) is 0 Å². The molecular formula is C20H24N2O2. The lowest BCUT2D eigenvalue weighted by atomic mass is 10.0. The third kappa shape index (κ3) is 5.54. The lowest BCUT2D eigenvalue weighted by Gasteiger charge is -2.10. The standard InChI is InChI=1S/C20H24N2O2/c1-15(2)19-11-9-18(10-12-19)14-22-24-16(3)20(23)21-13-17-7-5-4-6-8-17/h4-12,14-16H,13H2,1-3H3,(H,21,23)/b22-14-/t16-/m1/s1. The summed E-state index contributed by atoms with van der Waals surface area (Å²) in [6, 6.07) is 17.9.